The van der Waals surface area contributed by atoms with Gasteiger partial charge in [-0.05, 0) is 12.5 Å². The van der Waals surface area contributed by atoms with E-state index in [1.165, 1.54) is 0 Å². The maximum atomic E-state index is 13.5. The number of benzene rings is 1. The van der Waals surface area contributed by atoms with Crippen molar-refractivity contribution in [1.29, 1.82) is 0 Å². The van der Waals surface area contributed by atoms with E-state index in [1.54, 1.807) is 0 Å². The molecule has 0 aliphatic heterocycles. The SMILES string of the molecule is NC(c1cccc(F)c1F)(C(F)F)[C@H]1C[C@H]1O. The normalized spacial score (nSPS) is 27.0. The van der Waals surface area contributed by atoms with Crippen molar-refractivity contribution in [1.82, 2.24) is 0 Å². The second kappa shape index (κ2) is 3.96. The average molecular weight is 249 g/mol. The zero-order valence-corrected chi connectivity index (χ0v) is 8.71. The summed E-state index contributed by atoms with van der Waals surface area (Å²) in [5.74, 6) is -3.55. The highest BCUT2D eigenvalue weighted by Gasteiger charge is 2.57. The molecule has 1 aliphatic rings. The van der Waals surface area contributed by atoms with Crippen LogP contribution in [0.4, 0.5) is 17.6 Å². The first-order valence-electron chi connectivity index (χ1n) is 5.08. The Hall–Kier alpha value is -1.14. The highest BCUT2D eigenvalue weighted by Crippen LogP contribution is 2.48. The van der Waals surface area contributed by atoms with Crippen LogP contribution < -0.4 is 5.73 Å². The molecule has 3 N–H and O–H groups in total. The Labute approximate surface area is 95.0 Å². The van der Waals surface area contributed by atoms with E-state index in [2.05, 4.69) is 0 Å². The zero-order valence-electron chi connectivity index (χ0n) is 8.71. The number of halogens is 4. The summed E-state index contributed by atoms with van der Waals surface area (Å²) < 4.78 is 52.6. The van der Waals surface area contributed by atoms with Gasteiger partial charge in [0.25, 0.3) is 6.43 Å². The molecule has 1 unspecified atom stereocenters. The van der Waals surface area contributed by atoms with Gasteiger partial charge in [0, 0.05) is 11.5 Å². The molecule has 0 aromatic heterocycles. The third-order valence-corrected chi connectivity index (χ3v) is 3.15. The fraction of sp³-hybridized carbons (Fsp3) is 0.455. The van der Waals surface area contributed by atoms with Gasteiger partial charge in [-0.2, -0.15) is 0 Å². The van der Waals surface area contributed by atoms with E-state index < -0.39 is 41.2 Å². The summed E-state index contributed by atoms with van der Waals surface area (Å²) in [7, 11) is 0. The standard InChI is InChI=1S/C11H11F4NO/c12-7-3-1-2-5(9(7)13)11(16,10(14)15)6-4-8(6)17/h1-3,6,8,10,17H,4,16H2/t6-,8+,11?/m0/s1. The van der Waals surface area contributed by atoms with Crippen LogP contribution in [0.25, 0.3) is 0 Å². The zero-order chi connectivity index (χ0) is 12.8. The smallest absolute Gasteiger partial charge is 0.260 e. The number of hydrogen-bond acceptors (Lipinski definition) is 2. The number of nitrogens with two attached hydrogens (primary N) is 1. The summed E-state index contributed by atoms with van der Waals surface area (Å²) >= 11 is 0. The molecule has 0 amide bonds. The van der Waals surface area contributed by atoms with Crippen molar-refractivity contribution in [3.63, 3.8) is 0 Å². The number of aliphatic hydroxyl groups is 1. The van der Waals surface area contributed by atoms with Gasteiger partial charge in [0.1, 0.15) is 5.54 Å². The predicted octanol–water partition coefficient (Wildman–Crippen LogP) is 1.76. The molecule has 1 aromatic rings. The van der Waals surface area contributed by atoms with Crippen LogP contribution in [0.2, 0.25) is 0 Å². The Morgan fingerprint density at radius 2 is 1.94 bits per heavy atom. The minimum absolute atomic E-state index is 0.0663. The van der Waals surface area contributed by atoms with Crippen LogP contribution in [0, 0.1) is 17.6 Å². The number of aliphatic hydroxyl groups excluding tert-OH is 1. The second-order valence-electron chi connectivity index (χ2n) is 4.24. The molecular weight excluding hydrogens is 238 g/mol. The Morgan fingerprint density at radius 3 is 2.41 bits per heavy atom. The molecule has 1 fully saturated rings. The molecule has 1 aliphatic carbocycles. The van der Waals surface area contributed by atoms with Gasteiger partial charge in [0.05, 0.1) is 6.10 Å². The first-order chi connectivity index (χ1) is 7.89. The Morgan fingerprint density at radius 1 is 1.35 bits per heavy atom. The minimum Gasteiger partial charge on any atom is -0.393 e. The number of hydrogen-bond donors (Lipinski definition) is 2. The van der Waals surface area contributed by atoms with E-state index in [0.717, 1.165) is 18.2 Å². The Balaban J connectivity index is 2.50. The summed E-state index contributed by atoms with van der Waals surface area (Å²) in [4.78, 5) is 0. The molecule has 94 valence electrons. The van der Waals surface area contributed by atoms with Crippen LogP contribution in [0.3, 0.4) is 0 Å². The summed E-state index contributed by atoms with van der Waals surface area (Å²) in [5.41, 5.74) is 2.58. The molecule has 0 bridgehead atoms. The molecule has 6 heteroatoms. The van der Waals surface area contributed by atoms with Crippen LogP contribution in [0.15, 0.2) is 18.2 Å². The highest BCUT2D eigenvalue weighted by molar-refractivity contribution is 5.31. The molecule has 17 heavy (non-hydrogen) atoms. The van der Waals surface area contributed by atoms with Gasteiger partial charge < -0.3 is 10.8 Å². The van der Waals surface area contributed by atoms with Crippen LogP contribution in [-0.2, 0) is 5.54 Å². The van der Waals surface area contributed by atoms with Gasteiger partial charge in [0.2, 0.25) is 0 Å². The first-order valence-corrected chi connectivity index (χ1v) is 5.08. The van der Waals surface area contributed by atoms with Crippen molar-refractivity contribution in [2.24, 2.45) is 11.7 Å². The van der Waals surface area contributed by atoms with E-state index in [0.29, 0.717) is 0 Å². The molecule has 0 saturated heterocycles. The molecule has 3 atom stereocenters. The average Bonchev–Trinajstić information content (AvgIpc) is 2.99. The summed E-state index contributed by atoms with van der Waals surface area (Å²) in [6.45, 7) is 0. The van der Waals surface area contributed by atoms with Gasteiger partial charge in [-0.15, -0.1) is 0 Å². The van der Waals surface area contributed by atoms with Crippen molar-refractivity contribution < 1.29 is 22.7 Å². The van der Waals surface area contributed by atoms with Crippen LogP contribution in [0.5, 0.6) is 0 Å². The van der Waals surface area contributed by atoms with Gasteiger partial charge in [0.15, 0.2) is 11.6 Å². The maximum absolute atomic E-state index is 13.5. The Bertz CT molecular complexity index is 439. The lowest BCUT2D eigenvalue weighted by Gasteiger charge is -2.29. The lowest BCUT2D eigenvalue weighted by Crippen LogP contribution is -2.48. The lowest BCUT2D eigenvalue weighted by molar-refractivity contribution is 0.0258. The third kappa shape index (κ3) is 1.81. The highest BCUT2D eigenvalue weighted by atomic mass is 19.3. The van der Waals surface area contributed by atoms with Gasteiger partial charge in [-0.1, -0.05) is 12.1 Å². The fourth-order valence-corrected chi connectivity index (χ4v) is 2.01. The van der Waals surface area contributed by atoms with Crippen molar-refractivity contribution in [3.8, 4) is 0 Å². The van der Waals surface area contributed by atoms with E-state index in [-0.39, 0.29) is 6.42 Å². The van der Waals surface area contributed by atoms with Gasteiger partial charge >= 0.3 is 0 Å². The summed E-state index contributed by atoms with van der Waals surface area (Å²) in [6, 6.07) is 2.97. The fourth-order valence-electron chi connectivity index (χ4n) is 2.01. The molecule has 2 nitrogen and oxygen atoms in total. The van der Waals surface area contributed by atoms with E-state index >= 15 is 0 Å². The molecule has 0 heterocycles. The quantitative estimate of drug-likeness (QED) is 0.802. The largest absolute Gasteiger partial charge is 0.393 e. The van der Waals surface area contributed by atoms with Crippen molar-refractivity contribution in [2.45, 2.75) is 24.5 Å². The third-order valence-electron chi connectivity index (χ3n) is 3.15. The minimum atomic E-state index is -3.08. The second-order valence-corrected chi connectivity index (χ2v) is 4.24. The molecule has 1 aromatic carbocycles. The molecule has 0 spiro atoms. The van der Waals surface area contributed by atoms with Crippen molar-refractivity contribution in [2.75, 3.05) is 0 Å². The molecular formula is C11H11F4NO. The maximum Gasteiger partial charge on any atom is 0.260 e. The molecule has 2 rings (SSSR count). The van der Waals surface area contributed by atoms with Crippen LogP contribution in [-0.4, -0.2) is 17.6 Å². The first kappa shape index (κ1) is 12.3. The van der Waals surface area contributed by atoms with Crippen LogP contribution >= 0.6 is 0 Å². The van der Waals surface area contributed by atoms with E-state index in [9.17, 15) is 22.7 Å². The number of rotatable bonds is 3. The lowest BCUT2D eigenvalue weighted by atomic mass is 9.85. The van der Waals surface area contributed by atoms with E-state index in [4.69, 9.17) is 5.73 Å². The van der Waals surface area contributed by atoms with Gasteiger partial charge in [-0.3, -0.25) is 0 Å². The molecule has 0 radical (unpaired) electrons. The monoisotopic (exact) mass is 249 g/mol. The topological polar surface area (TPSA) is 46.2 Å². The number of alkyl halides is 2. The van der Waals surface area contributed by atoms with Gasteiger partial charge in [-0.25, -0.2) is 17.6 Å². The predicted molar refractivity (Wildman–Crippen MR) is 52.3 cm³/mol. The van der Waals surface area contributed by atoms with E-state index in [1.807, 2.05) is 0 Å². The molecule has 1 saturated carbocycles. The Kier molecular flexibility index (Phi) is 2.87. The summed E-state index contributed by atoms with van der Waals surface area (Å²) in [6.07, 6.45) is -4.01. The van der Waals surface area contributed by atoms with Crippen molar-refractivity contribution >= 4 is 0 Å². The van der Waals surface area contributed by atoms with Crippen LogP contribution in [0.1, 0.15) is 12.0 Å². The summed E-state index contributed by atoms with van der Waals surface area (Å²) in [5, 5.41) is 9.20. The van der Waals surface area contributed by atoms with Crippen molar-refractivity contribution in [3.05, 3.63) is 35.4 Å².